The number of allylic oxidation sites excluding steroid dienone is 8. The van der Waals surface area contributed by atoms with Crippen molar-refractivity contribution in [2.75, 3.05) is 46.2 Å². The molecule has 1 aliphatic carbocycles. The molecule has 5 saturated heterocycles. The number of hydrogen-bond donors (Lipinski definition) is 21. The molecule has 21 N–H and O–H groups in total. The van der Waals surface area contributed by atoms with Crippen molar-refractivity contribution >= 4 is 19.8 Å². The molecule has 1 saturated carbocycles. The number of aliphatic hydroxyl groups excluding tert-OH is 20. The number of carbonyl (C=O) groups excluding carboxylic acids is 2. The number of phosphoric acid groups is 1. The lowest BCUT2D eigenvalue weighted by atomic mass is 9.84. The third-order valence-electron chi connectivity index (χ3n) is 20.4. The van der Waals surface area contributed by atoms with Crippen LogP contribution in [0.5, 0.6) is 0 Å². The molecule has 0 bridgehead atoms. The highest BCUT2D eigenvalue weighted by Crippen LogP contribution is 2.49. The van der Waals surface area contributed by atoms with Gasteiger partial charge in [-0.3, -0.25) is 18.6 Å². The molecule has 0 aromatic heterocycles. The first kappa shape index (κ1) is 98.6. The van der Waals surface area contributed by atoms with Gasteiger partial charge in [-0.15, -0.1) is 0 Å². The molecule has 656 valence electrons. The van der Waals surface area contributed by atoms with Crippen LogP contribution in [-0.4, -0.2) is 361 Å². The third-order valence-corrected chi connectivity index (χ3v) is 21.4. The van der Waals surface area contributed by atoms with E-state index in [-0.39, 0.29) is 12.8 Å². The first-order valence-electron chi connectivity index (χ1n) is 39.5. The molecule has 6 aliphatic rings. The van der Waals surface area contributed by atoms with Gasteiger partial charge >= 0.3 is 19.8 Å². The van der Waals surface area contributed by atoms with Gasteiger partial charge in [0, 0.05) is 12.8 Å². The third kappa shape index (κ3) is 30.8. The Balaban J connectivity index is 1.14. The van der Waals surface area contributed by atoms with Crippen molar-refractivity contribution in [2.45, 2.75) is 358 Å². The highest BCUT2D eigenvalue weighted by Gasteiger charge is 2.59. The fourth-order valence-corrected chi connectivity index (χ4v) is 14.4. The van der Waals surface area contributed by atoms with Gasteiger partial charge in [0.05, 0.1) is 39.6 Å². The second-order valence-corrected chi connectivity index (χ2v) is 30.8. The molecule has 0 aromatic rings. The van der Waals surface area contributed by atoms with Gasteiger partial charge < -0.3 is 164 Å². The minimum absolute atomic E-state index is 0.0431. The first-order valence-corrected chi connectivity index (χ1v) is 41.0. The van der Waals surface area contributed by atoms with Crippen LogP contribution in [0.3, 0.4) is 0 Å². The van der Waals surface area contributed by atoms with E-state index in [0.717, 1.165) is 83.5 Å². The number of aliphatic hydroxyl groups is 20. The molecule has 5 aliphatic heterocycles. The van der Waals surface area contributed by atoms with E-state index in [0.29, 0.717) is 25.7 Å². The Morgan fingerprint density at radius 1 is 0.354 bits per heavy atom. The van der Waals surface area contributed by atoms with E-state index in [9.17, 15) is 121 Å². The molecule has 0 amide bonds. The highest BCUT2D eigenvalue weighted by molar-refractivity contribution is 7.47. The van der Waals surface area contributed by atoms with Gasteiger partial charge in [-0.1, -0.05) is 127 Å². The van der Waals surface area contributed by atoms with Crippen molar-refractivity contribution in [1.29, 1.82) is 0 Å². The topological polar surface area (TPSA) is 605 Å². The minimum Gasteiger partial charge on any atom is -0.462 e. The zero-order valence-corrected chi connectivity index (χ0v) is 65.0. The quantitative estimate of drug-likeness (QED) is 0.0126. The second-order valence-electron chi connectivity index (χ2n) is 29.3. The molecule has 0 aromatic carbocycles. The Morgan fingerprint density at radius 3 is 1.08 bits per heavy atom. The summed E-state index contributed by atoms with van der Waals surface area (Å²) in [5.41, 5.74) is 0. The van der Waals surface area contributed by atoms with Gasteiger partial charge in [-0.05, 0) is 70.6 Å². The first-order chi connectivity index (χ1) is 54.0. The largest absolute Gasteiger partial charge is 0.472 e. The normalized spacial score (nSPS) is 38.2. The van der Waals surface area contributed by atoms with Crippen LogP contribution in [-0.2, 0) is 80.0 Å². The fourth-order valence-electron chi connectivity index (χ4n) is 13.4. The SMILES string of the molecule is CCC/C=C\C/C=C\CCCCCCCC(=O)O[C@H](COC(=O)CCCCCCC/C=C\C/C=C\CCCCCC)COP(=O)(O)O[C@@H]1C(O[C@@H]2OC(CO[C@@H]3OC(CO[C@@H]4OC(CO[C@@H]5OC(CO)[C@H](O)C(O)[C@@H]5O)[C@H](O)C(O)[C@@H]4O)[C@H](O)C(O)[C@@H]3O)[C@H](O)C(O)[C@@H]2O)C(O)[C@@H](O)C(O)[C@H]1O[C@H]1OC(CO)[C@@H](O)C(O)[C@H]1O. The molecule has 0 spiro atoms. The molecule has 5 heterocycles. The predicted molar refractivity (Wildman–Crippen MR) is 389 cm³/mol. The maximum atomic E-state index is 14.5. The van der Waals surface area contributed by atoms with Crippen molar-refractivity contribution in [3.8, 4) is 0 Å². The number of carbonyl (C=O) groups is 2. The molecule has 113 heavy (non-hydrogen) atoms. The summed E-state index contributed by atoms with van der Waals surface area (Å²) in [6.45, 7) is -2.04. The van der Waals surface area contributed by atoms with Crippen molar-refractivity contribution in [3.63, 3.8) is 0 Å². The predicted octanol–water partition coefficient (Wildman–Crippen LogP) is -2.88. The molecule has 39 heteroatoms. The molecule has 0 radical (unpaired) electrons. The summed E-state index contributed by atoms with van der Waals surface area (Å²) in [7, 11) is -5.87. The van der Waals surface area contributed by atoms with Crippen LogP contribution in [0.4, 0.5) is 0 Å². The molecular formula is C74H127O38P. The summed E-state index contributed by atoms with van der Waals surface area (Å²) < 4.78 is 92.8. The summed E-state index contributed by atoms with van der Waals surface area (Å²) in [5, 5.41) is 217. The average molecular weight is 1660 g/mol. The Bertz CT molecular complexity index is 2810. The standard InChI is InChI=1S/C74H127O38P/c1-3-5-7-9-11-13-15-17-18-19-21-22-24-26-28-30-32-47(77)99-36-41(104-48(78)33-31-29-27-25-23-20-16-14-12-10-8-6-4-2)37-103-113(97,98)112-69-67(110-73-65(95)55(85)50(80)43(35-76)106-73)60(90)59(89)61(91)68(69)111-74-66(96)58(88)53(83)46(109-74)40-102-72-64(94)57(87)52(82)45(108-72)39-101-71-63(93)56(86)51(81)44(107-71)38-100-70-62(92)54(84)49(79)42(34-75)105-70/h8,10,13-16,18-19,41-46,49-76,79-96H,3-7,9,11-12,17,20-40H2,1-2H3,(H,97,98)/b10-8-,15-13-,16-14-,19-18-/t41-,42?,43?,44?,45?,46?,49+,50-,51+,52+,53+,54?,55?,56?,57?,58?,59+,60?,61?,62+,63+,64+,65-,66+,67-,68?,69+,70-,71-,72-,73-,74+/m1/s1. The summed E-state index contributed by atoms with van der Waals surface area (Å²) in [5.74, 6) is -1.52. The van der Waals surface area contributed by atoms with Gasteiger partial charge in [-0.2, -0.15) is 0 Å². The van der Waals surface area contributed by atoms with Gasteiger partial charge in [0.15, 0.2) is 37.6 Å². The van der Waals surface area contributed by atoms with Crippen molar-refractivity contribution < 1.29 is 187 Å². The Morgan fingerprint density at radius 2 is 0.681 bits per heavy atom. The van der Waals surface area contributed by atoms with Crippen molar-refractivity contribution in [3.05, 3.63) is 48.6 Å². The second kappa shape index (κ2) is 51.4. The van der Waals surface area contributed by atoms with Crippen molar-refractivity contribution in [1.82, 2.24) is 0 Å². The number of phosphoric ester groups is 1. The molecule has 6 rings (SSSR count). The Labute approximate surface area is 657 Å². The van der Waals surface area contributed by atoms with Crippen molar-refractivity contribution in [2.24, 2.45) is 0 Å². The lowest BCUT2D eigenvalue weighted by Gasteiger charge is -2.49. The Kier molecular flexibility index (Phi) is 44.9. The van der Waals surface area contributed by atoms with E-state index >= 15 is 0 Å². The van der Waals surface area contributed by atoms with E-state index in [1.54, 1.807) is 0 Å². The molecule has 33 atom stereocenters. The number of esters is 2. The van der Waals surface area contributed by atoms with Crippen LogP contribution in [0.25, 0.3) is 0 Å². The van der Waals surface area contributed by atoms with Gasteiger partial charge in [-0.25, -0.2) is 4.57 Å². The summed E-state index contributed by atoms with van der Waals surface area (Å²) in [6.07, 6.45) is -30.8. The van der Waals surface area contributed by atoms with E-state index in [1.165, 1.54) is 25.7 Å². The number of hydrogen-bond acceptors (Lipinski definition) is 37. The molecular weight excluding hydrogens is 1530 g/mol. The van der Waals surface area contributed by atoms with Crippen LogP contribution in [0.1, 0.15) is 162 Å². The summed E-state index contributed by atoms with van der Waals surface area (Å²) in [4.78, 5) is 38.3. The van der Waals surface area contributed by atoms with E-state index in [2.05, 4.69) is 62.5 Å². The van der Waals surface area contributed by atoms with Crippen LogP contribution >= 0.6 is 7.82 Å². The summed E-state index contributed by atoms with van der Waals surface area (Å²) >= 11 is 0. The van der Waals surface area contributed by atoms with E-state index in [4.69, 9.17) is 65.9 Å². The highest BCUT2D eigenvalue weighted by atomic mass is 31.2. The van der Waals surface area contributed by atoms with E-state index in [1.807, 2.05) is 0 Å². The number of ether oxygens (including phenoxy) is 12. The maximum Gasteiger partial charge on any atom is 0.472 e. The summed E-state index contributed by atoms with van der Waals surface area (Å²) in [6, 6.07) is 0. The van der Waals surface area contributed by atoms with Crippen LogP contribution in [0.2, 0.25) is 0 Å². The fraction of sp³-hybridized carbons (Fsp3) is 0.865. The molecule has 6 fully saturated rings. The monoisotopic (exact) mass is 1650 g/mol. The number of rotatable bonds is 50. The zero-order valence-electron chi connectivity index (χ0n) is 64.1. The molecule has 14 unspecified atom stereocenters. The average Bonchev–Trinajstić information content (AvgIpc) is 0.769. The van der Waals surface area contributed by atoms with Crippen LogP contribution < -0.4 is 0 Å². The Hall–Kier alpha value is -3.19. The van der Waals surface area contributed by atoms with Gasteiger partial charge in [0.25, 0.3) is 0 Å². The van der Waals surface area contributed by atoms with Crippen LogP contribution in [0.15, 0.2) is 48.6 Å². The molecule has 38 nitrogen and oxygen atoms in total. The number of unbranched alkanes of at least 4 members (excludes halogenated alkanes) is 15. The van der Waals surface area contributed by atoms with Gasteiger partial charge in [0.1, 0.15) is 165 Å². The smallest absolute Gasteiger partial charge is 0.462 e. The lowest BCUT2D eigenvalue weighted by Crippen LogP contribution is -2.69. The zero-order chi connectivity index (χ0) is 82.9. The van der Waals surface area contributed by atoms with E-state index < -0.39 is 262 Å². The minimum atomic E-state index is -5.87. The van der Waals surface area contributed by atoms with Gasteiger partial charge in [0.2, 0.25) is 0 Å². The lowest BCUT2D eigenvalue weighted by molar-refractivity contribution is -0.365. The maximum absolute atomic E-state index is 14.5. The van der Waals surface area contributed by atoms with Crippen LogP contribution in [0, 0.1) is 0 Å².